The van der Waals surface area contributed by atoms with Crippen LogP contribution in [0.2, 0.25) is 0 Å². The van der Waals surface area contributed by atoms with Crippen LogP contribution in [0.4, 0.5) is 0 Å². The summed E-state index contributed by atoms with van der Waals surface area (Å²) in [6, 6.07) is -0.931. The molecule has 2 atom stereocenters. The molecule has 1 unspecified atom stereocenters. The molecule has 1 amide bonds. The second-order valence-electron chi connectivity index (χ2n) is 3.20. The number of hydrogen-bond donors (Lipinski definition) is 3. The lowest BCUT2D eigenvalue weighted by Gasteiger charge is -2.13. The molecular weight excluding hydrogens is 232 g/mol. The molecule has 0 aromatic heterocycles. The van der Waals surface area contributed by atoms with Gasteiger partial charge in [0.05, 0.1) is 11.9 Å². The Bertz CT molecular complexity index is 238. The summed E-state index contributed by atoms with van der Waals surface area (Å²) in [6.07, 6.45) is 0. The van der Waals surface area contributed by atoms with Crippen LogP contribution in [0.1, 0.15) is 6.92 Å². The molecule has 0 saturated heterocycles. The van der Waals surface area contributed by atoms with Crippen molar-refractivity contribution < 1.29 is 19.4 Å². The second kappa shape index (κ2) is 8.37. The number of amides is 1. The van der Waals surface area contributed by atoms with Gasteiger partial charge in [-0.2, -0.15) is 0 Å². The zero-order valence-electron chi connectivity index (χ0n) is 9.43. The number of thioether (sulfide) groups is 1. The number of carboxylic acid groups (broad SMARTS) is 1. The van der Waals surface area contributed by atoms with Crippen molar-refractivity contribution in [2.75, 3.05) is 26.0 Å². The summed E-state index contributed by atoms with van der Waals surface area (Å²) in [5, 5.41) is 10.9. The minimum absolute atomic E-state index is 0.139. The third-order valence-electron chi connectivity index (χ3n) is 1.82. The first-order valence-corrected chi connectivity index (χ1v) is 5.90. The van der Waals surface area contributed by atoms with Gasteiger partial charge in [0.1, 0.15) is 6.04 Å². The SMILES string of the molecule is COCCNC(=O)C(C)SC[C@H](N)C(=O)O. The van der Waals surface area contributed by atoms with Crippen molar-refractivity contribution >= 4 is 23.6 Å². The molecule has 0 radical (unpaired) electrons. The molecule has 16 heavy (non-hydrogen) atoms. The predicted octanol–water partition coefficient (Wildman–Crippen LogP) is -0.717. The number of carbonyl (C=O) groups is 2. The summed E-state index contributed by atoms with van der Waals surface area (Å²) in [4.78, 5) is 21.9. The van der Waals surface area contributed by atoms with E-state index in [1.165, 1.54) is 11.8 Å². The van der Waals surface area contributed by atoms with Crippen molar-refractivity contribution in [2.45, 2.75) is 18.2 Å². The molecule has 0 spiro atoms. The zero-order chi connectivity index (χ0) is 12.6. The molecule has 6 nitrogen and oxygen atoms in total. The standard InChI is InChI=1S/C9H18N2O4S/c1-6(8(12)11-3-4-15-2)16-5-7(10)9(13)14/h6-7H,3-5,10H2,1-2H3,(H,11,12)(H,13,14)/t6?,7-/m0/s1. The van der Waals surface area contributed by atoms with E-state index in [1.54, 1.807) is 14.0 Å². The summed E-state index contributed by atoms with van der Waals surface area (Å²) in [6.45, 7) is 2.62. The highest BCUT2D eigenvalue weighted by molar-refractivity contribution is 8.00. The van der Waals surface area contributed by atoms with Crippen LogP contribution in [0, 0.1) is 0 Å². The minimum atomic E-state index is -1.06. The minimum Gasteiger partial charge on any atom is -0.480 e. The first kappa shape index (κ1) is 15.2. The first-order chi connectivity index (χ1) is 7.49. The Kier molecular flexibility index (Phi) is 7.96. The van der Waals surface area contributed by atoms with Crippen LogP contribution < -0.4 is 11.1 Å². The quantitative estimate of drug-likeness (QED) is 0.492. The van der Waals surface area contributed by atoms with Gasteiger partial charge in [-0.15, -0.1) is 11.8 Å². The molecule has 0 aromatic rings. The molecule has 0 bridgehead atoms. The van der Waals surface area contributed by atoms with Gasteiger partial charge in [0.2, 0.25) is 5.91 Å². The molecule has 0 aliphatic carbocycles. The summed E-state index contributed by atoms with van der Waals surface area (Å²) >= 11 is 1.22. The molecule has 0 fully saturated rings. The average Bonchev–Trinajstić information content (AvgIpc) is 2.25. The van der Waals surface area contributed by atoms with Crippen LogP contribution in [-0.2, 0) is 14.3 Å². The number of carbonyl (C=O) groups excluding carboxylic acids is 1. The number of ether oxygens (including phenoxy) is 1. The van der Waals surface area contributed by atoms with Crippen LogP contribution in [0.25, 0.3) is 0 Å². The Hall–Kier alpha value is -0.790. The summed E-state index contributed by atoms with van der Waals surface area (Å²) < 4.78 is 4.78. The Morgan fingerprint density at radius 2 is 2.19 bits per heavy atom. The fraction of sp³-hybridized carbons (Fsp3) is 0.778. The maximum absolute atomic E-state index is 11.4. The summed E-state index contributed by atoms with van der Waals surface area (Å²) in [7, 11) is 1.55. The number of methoxy groups -OCH3 is 1. The Morgan fingerprint density at radius 3 is 2.69 bits per heavy atom. The monoisotopic (exact) mass is 250 g/mol. The van der Waals surface area contributed by atoms with Crippen LogP contribution in [-0.4, -0.2) is 54.3 Å². The molecule has 94 valence electrons. The fourth-order valence-electron chi connectivity index (χ4n) is 0.815. The van der Waals surface area contributed by atoms with E-state index < -0.39 is 12.0 Å². The van der Waals surface area contributed by atoms with Crippen LogP contribution in [0.3, 0.4) is 0 Å². The normalized spacial score (nSPS) is 14.2. The predicted molar refractivity (Wildman–Crippen MR) is 62.4 cm³/mol. The number of nitrogens with one attached hydrogen (secondary N) is 1. The lowest BCUT2D eigenvalue weighted by atomic mass is 10.4. The van der Waals surface area contributed by atoms with E-state index in [0.29, 0.717) is 13.2 Å². The van der Waals surface area contributed by atoms with Crippen molar-refractivity contribution in [3.05, 3.63) is 0 Å². The Labute approximate surface area is 98.9 Å². The van der Waals surface area contributed by atoms with E-state index in [2.05, 4.69) is 5.32 Å². The molecule has 0 aliphatic heterocycles. The molecule has 0 aliphatic rings. The van der Waals surface area contributed by atoms with Crippen molar-refractivity contribution in [1.29, 1.82) is 0 Å². The number of aliphatic carboxylic acids is 1. The number of hydrogen-bond acceptors (Lipinski definition) is 5. The van der Waals surface area contributed by atoms with Gasteiger partial charge in [-0.3, -0.25) is 9.59 Å². The van der Waals surface area contributed by atoms with Gasteiger partial charge in [-0.1, -0.05) is 0 Å². The van der Waals surface area contributed by atoms with Gasteiger partial charge in [0.25, 0.3) is 0 Å². The number of carboxylic acids is 1. The third-order valence-corrected chi connectivity index (χ3v) is 3.08. The number of nitrogens with two attached hydrogens (primary N) is 1. The Balaban J connectivity index is 3.74. The number of rotatable bonds is 8. The summed E-state index contributed by atoms with van der Waals surface area (Å²) in [5.74, 6) is -0.979. The van der Waals surface area contributed by atoms with E-state index in [9.17, 15) is 9.59 Å². The molecular formula is C9H18N2O4S. The van der Waals surface area contributed by atoms with Crippen LogP contribution >= 0.6 is 11.8 Å². The van der Waals surface area contributed by atoms with E-state index in [1.807, 2.05) is 0 Å². The van der Waals surface area contributed by atoms with Crippen LogP contribution in [0.5, 0.6) is 0 Å². The van der Waals surface area contributed by atoms with Crippen molar-refractivity contribution in [3.8, 4) is 0 Å². The van der Waals surface area contributed by atoms with Gasteiger partial charge in [0.15, 0.2) is 0 Å². The fourth-order valence-corrected chi connectivity index (χ4v) is 1.69. The largest absolute Gasteiger partial charge is 0.480 e. The Morgan fingerprint density at radius 1 is 1.56 bits per heavy atom. The van der Waals surface area contributed by atoms with Crippen molar-refractivity contribution in [3.63, 3.8) is 0 Å². The van der Waals surface area contributed by atoms with Gasteiger partial charge in [0, 0.05) is 19.4 Å². The van der Waals surface area contributed by atoms with E-state index in [-0.39, 0.29) is 16.9 Å². The first-order valence-electron chi connectivity index (χ1n) is 4.85. The van der Waals surface area contributed by atoms with Gasteiger partial charge in [-0.05, 0) is 6.92 Å². The average molecular weight is 250 g/mol. The highest BCUT2D eigenvalue weighted by Crippen LogP contribution is 2.11. The smallest absolute Gasteiger partial charge is 0.321 e. The molecule has 7 heteroatoms. The van der Waals surface area contributed by atoms with E-state index >= 15 is 0 Å². The van der Waals surface area contributed by atoms with Crippen molar-refractivity contribution in [2.24, 2.45) is 5.73 Å². The zero-order valence-corrected chi connectivity index (χ0v) is 10.3. The van der Waals surface area contributed by atoms with Gasteiger partial charge < -0.3 is 20.9 Å². The maximum atomic E-state index is 11.4. The summed E-state index contributed by atoms with van der Waals surface area (Å²) in [5.41, 5.74) is 5.31. The molecule has 0 aromatic carbocycles. The third kappa shape index (κ3) is 6.65. The highest BCUT2D eigenvalue weighted by atomic mass is 32.2. The van der Waals surface area contributed by atoms with Crippen molar-refractivity contribution in [1.82, 2.24) is 5.32 Å². The van der Waals surface area contributed by atoms with Gasteiger partial charge >= 0.3 is 5.97 Å². The lowest BCUT2D eigenvalue weighted by molar-refractivity contribution is -0.138. The molecule has 0 saturated carbocycles. The topological polar surface area (TPSA) is 102 Å². The molecule has 4 N–H and O–H groups in total. The molecule has 0 heterocycles. The lowest BCUT2D eigenvalue weighted by Crippen LogP contribution is -2.36. The van der Waals surface area contributed by atoms with Crippen LogP contribution in [0.15, 0.2) is 0 Å². The molecule has 0 rings (SSSR count). The van der Waals surface area contributed by atoms with Gasteiger partial charge in [-0.25, -0.2) is 0 Å². The maximum Gasteiger partial charge on any atom is 0.321 e. The highest BCUT2D eigenvalue weighted by Gasteiger charge is 2.17. The van der Waals surface area contributed by atoms with E-state index in [4.69, 9.17) is 15.6 Å². The van der Waals surface area contributed by atoms with E-state index in [0.717, 1.165) is 0 Å². The second-order valence-corrected chi connectivity index (χ2v) is 4.58.